The lowest BCUT2D eigenvalue weighted by Gasteiger charge is -2.32. The molecule has 0 saturated carbocycles. The highest BCUT2D eigenvalue weighted by Gasteiger charge is 2.68. The Morgan fingerprint density at radius 3 is 1.68 bits per heavy atom. The predicted molar refractivity (Wildman–Crippen MR) is 92.9 cm³/mol. The Morgan fingerprint density at radius 1 is 0.789 bits per heavy atom. The van der Waals surface area contributed by atoms with E-state index in [1.807, 2.05) is 0 Å². The van der Waals surface area contributed by atoms with E-state index in [1.54, 1.807) is 0 Å². The van der Waals surface area contributed by atoms with Gasteiger partial charge < -0.3 is 14.2 Å². The molecule has 224 valence electrons. The normalized spacial score (nSPS) is 15.5. The number of carbonyl (C=O) groups excluding carboxylic acids is 2. The molecule has 0 aromatic carbocycles. The summed E-state index contributed by atoms with van der Waals surface area (Å²) in [7, 11) is -6.67. The van der Waals surface area contributed by atoms with Crippen LogP contribution in [0.15, 0.2) is 12.2 Å². The highest BCUT2D eigenvalue weighted by atomic mass is 32.2. The van der Waals surface area contributed by atoms with Gasteiger partial charge in [-0.05, 0) is 12.8 Å². The molecule has 0 aromatic heterocycles. The van der Waals surface area contributed by atoms with Crippen molar-refractivity contribution in [3.8, 4) is 0 Å². The lowest BCUT2D eigenvalue weighted by molar-refractivity contribution is -0.355. The second-order valence-electron chi connectivity index (χ2n) is 6.98. The van der Waals surface area contributed by atoms with Crippen LogP contribution in [0.2, 0.25) is 0 Å². The van der Waals surface area contributed by atoms with E-state index in [0.717, 1.165) is 0 Å². The summed E-state index contributed by atoms with van der Waals surface area (Å²) in [5, 5.41) is -6.06. The average molecular weight is 614 g/mol. The molecule has 0 aromatic rings. The Bertz CT molecular complexity index is 969. The molecular weight excluding hydrogens is 599 g/mol. The number of ether oxygens (including phenoxy) is 3. The van der Waals surface area contributed by atoms with Crippen molar-refractivity contribution in [2.75, 3.05) is 13.2 Å². The molecule has 38 heavy (non-hydrogen) atoms. The third-order valence-electron chi connectivity index (χ3n) is 4.03. The van der Waals surface area contributed by atoms with Crippen LogP contribution in [0.5, 0.6) is 0 Å². The Balaban J connectivity index is 5.89. The van der Waals surface area contributed by atoms with Crippen molar-refractivity contribution >= 4 is 22.1 Å². The third-order valence-corrected chi connectivity index (χ3v) is 4.97. The first-order valence-corrected chi connectivity index (χ1v) is 10.7. The lowest BCUT2D eigenvalue weighted by atomic mass is 10.1. The number of hydrogen-bond donors (Lipinski definition) is 1. The molecule has 22 heteroatoms. The zero-order chi connectivity index (χ0) is 30.6. The number of carbonyl (C=O) groups is 2. The van der Waals surface area contributed by atoms with E-state index in [1.165, 1.54) is 0 Å². The van der Waals surface area contributed by atoms with Crippen LogP contribution in [0.3, 0.4) is 0 Å². The first kappa shape index (κ1) is 35.6. The van der Waals surface area contributed by atoms with E-state index in [9.17, 15) is 75.1 Å². The smallest absolute Gasteiger partial charge is 0.460 e. The van der Waals surface area contributed by atoms with Crippen LogP contribution in [0.4, 0.5) is 57.1 Å². The van der Waals surface area contributed by atoms with Crippen molar-refractivity contribution in [1.82, 2.24) is 0 Å². The number of rotatable bonds is 13. The number of unbranched alkanes of at least 4 members (excludes halogenated alkanes) is 1. The molecule has 0 saturated heterocycles. The molecule has 0 rings (SSSR count). The fourth-order valence-electron chi connectivity index (χ4n) is 2.05. The Morgan fingerprint density at radius 2 is 1.29 bits per heavy atom. The van der Waals surface area contributed by atoms with Crippen LogP contribution < -0.4 is 0 Å². The minimum absolute atomic E-state index is 1.26. The van der Waals surface area contributed by atoms with Crippen LogP contribution in [-0.4, -0.2) is 73.6 Å². The van der Waals surface area contributed by atoms with Crippen LogP contribution in [0.1, 0.15) is 25.7 Å². The van der Waals surface area contributed by atoms with Gasteiger partial charge >= 0.3 is 57.5 Å². The van der Waals surface area contributed by atoms with Gasteiger partial charge in [-0.2, -0.15) is 65.5 Å². The summed E-state index contributed by atoms with van der Waals surface area (Å²) >= 11 is 0. The maximum Gasteiger partial charge on any atom is 0.468 e. The summed E-state index contributed by atoms with van der Waals surface area (Å²) in [4.78, 5) is 23.5. The van der Waals surface area contributed by atoms with Gasteiger partial charge in [0.05, 0.1) is 13.0 Å². The first-order chi connectivity index (χ1) is 16.6. The second-order valence-corrected chi connectivity index (χ2v) is 8.45. The highest BCUT2D eigenvalue weighted by molar-refractivity contribution is 7.87. The molecule has 1 unspecified atom stereocenters. The summed E-state index contributed by atoms with van der Waals surface area (Å²) in [6, 6.07) is 0. The second kappa shape index (κ2) is 11.8. The van der Waals surface area contributed by atoms with Crippen molar-refractivity contribution in [3.63, 3.8) is 0 Å². The lowest BCUT2D eigenvalue weighted by Crippen LogP contribution is -2.58. The largest absolute Gasteiger partial charge is 0.468 e. The fraction of sp³-hybridized carbons (Fsp3) is 0.750. The van der Waals surface area contributed by atoms with Crippen LogP contribution in [0, 0.1) is 0 Å². The van der Waals surface area contributed by atoms with Gasteiger partial charge in [0.2, 0.25) is 0 Å². The van der Waals surface area contributed by atoms with Crippen LogP contribution in [0.25, 0.3) is 0 Å². The van der Waals surface area contributed by atoms with Gasteiger partial charge in [-0.3, -0.25) is 4.55 Å². The van der Waals surface area contributed by atoms with Gasteiger partial charge in [-0.25, -0.2) is 9.59 Å². The van der Waals surface area contributed by atoms with E-state index < -0.39 is 102 Å². The molecule has 1 atom stereocenters. The Kier molecular flexibility index (Phi) is 11.1. The first-order valence-electron chi connectivity index (χ1n) is 9.29. The van der Waals surface area contributed by atoms with Crippen LogP contribution >= 0.6 is 0 Å². The van der Waals surface area contributed by atoms with Crippen LogP contribution in [-0.2, 0) is 33.9 Å². The molecule has 1 N–H and O–H groups in total. The van der Waals surface area contributed by atoms with Gasteiger partial charge in [0.25, 0.3) is 0 Å². The van der Waals surface area contributed by atoms with E-state index >= 15 is 0 Å². The molecule has 0 amide bonds. The molecule has 8 nitrogen and oxygen atoms in total. The number of halogens is 13. The topological polar surface area (TPSA) is 116 Å². The number of esters is 2. The van der Waals surface area contributed by atoms with E-state index in [-0.39, 0.29) is 0 Å². The summed E-state index contributed by atoms with van der Waals surface area (Å²) < 4.78 is 208. The van der Waals surface area contributed by atoms with Gasteiger partial charge in [0, 0.05) is 6.42 Å². The standard InChI is InChI=1S/C16H15F13O8S/c1-8(14(22,23)24)9(30)37-13(15(25,26)27,10(31)35-7-5-12(19,20)21)36-6-3-2-4-11(17,18)16(28,29)38(32,33)34/h1-7H2,(H,32,33,34). The SMILES string of the molecule is C=C(C(=O)OC(OCCCCC(F)(F)C(F)(F)S(=O)(=O)O)(C(=O)OCCC(F)(F)F)C(F)(F)F)C(F)(F)F. The van der Waals surface area contributed by atoms with Gasteiger partial charge in [-0.1, -0.05) is 6.58 Å². The molecular formula is C16H15F13O8S. The molecule has 0 aliphatic rings. The van der Waals surface area contributed by atoms with Gasteiger partial charge in [0.15, 0.2) is 0 Å². The summed E-state index contributed by atoms with van der Waals surface area (Å²) in [6.07, 6.45) is -24.2. The summed E-state index contributed by atoms with van der Waals surface area (Å²) in [6.45, 7) is -1.56. The maximum absolute atomic E-state index is 13.6. The Labute approximate surface area is 203 Å². The summed E-state index contributed by atoms with van der Waals surface area (Å²) in [5.74, 6) is -16.8. The third kappa shape index (κ3) is 9.13. The predicted octanol–water partition coefficient (Wildman–Crippen LogP) is 4.71. The molecule has 0 aliphatic heterocycles. The maximum atomic E-state index is 13.6. The zero-order valence-corrected chi connectivity index (χ0v) is 18.9. The van der Waals surface area contributed by atoms with Crippen molar-refractivity contribution < 1.29 is 93.8 Å². The van der Waals surface area contributed by atoms with Crippen molar-refractivity contribution in [2.24, 2.45) is 0 Å². The molecule has 0 radical (unpaired) electrons. The van der Waals surface area contributed by atoms with E-state index in [0.29, 0.717) is 0 Å². The molecule has 0 heterocycles. The van der Waals surface area contributed by atoms with Gasteiger partial charge in [-0.15, -0.1) is 0 Å². The Hall–Kier alpha value is -2.36. The zero-order valence-electron chi connectivity index (χ0n) is 18.1. The van der Waals surface area contributed by atoms with Crippen molar-refractivity contribution in [3.05, 3.63) is 12.2 Å². The van der Waals surface area contributed by atoms with Crippen molar-refractivity contribution in [1.29, 1.82) is 0 Å². The minimum Gasteiger partial charge on any atom is -0.460 e. The monoisotopic (exact) mass is 614 g/mol. The van der Waals surface area contributed by atoms with E-state index in [4.69, 9.17) is 4.55 Å². The average Bonchev–Trinajstić information content (AvgIpc) is 2.68. The number of hydrogen-bond acceptors (Lipinski definition) is 7. The molecule has 0 spiro atoms. The quantitative estimate of drug-likeness (QED) is 0.0793. The molecule has 0 aliphatic carbocycles. The summed E-state index contributed by atoms with van der Waals surface area (Å²) in [5.41, 5.74) is -2.66. The molecule has 0 fully saturated rings. The number of alkyl halides is 13. The highest BCUT2D eigenvalue weighted by Crippen LogP contribution is 2.42. The minimum atomic E-state index is -6.67. The van der Waals surface area contributed by atoms with Gasteiger partial charge in [0.1, 0.15) is 12.2 Å². The van der Waals surface area contributed by atoms with Crippen molar-refractivity contribution in [2.45, 2.75) is 61.2 Å². The van der Waals surface area contributed by atoms with E-state index in [2.05, 4.69) is 20.8 Å². The molecule has 0 bridgehead atoms. The fourth-order valence-corrected chi connectivity index (χ4v) is 2.53.